The summed E-state index contributed by atoms with van der Waals surface area (Å²) in [6.45, 7) is 3.92. The maximum Gasteiger partial charge on any atom is 0.272 e. The molecule has 8 heteroatoms. The van der Waals surface area contributed by atoms with Crippen molar-refractivity contribution in [1.82, 2.24) is 5.32 Å². The highest BCUT2D eigenvalue weighted by Crippen LogP contribution is 2.29. The summed E-state index contributed by atoms with van der Waals surface area (Å²) in [5.74, 6) is -1.77. The Morgan fingerprint density at radius 3 is 2.24 bits per heavy atom. The van der Waals surface area contributed by atoms with E-state index in [2.05, 4.69) is 16.0 Å². The van der Waals surface area contributed by atoms with Crippen LogP contribution in [0, 0.1) is 12.7 Å². The van der Waals surface area contributed by atoms with E-state index in [0.29, 0.717) is 17.7 Å². The molecular formula is C33H30FN3O3S. The first-order valence-electron chi connectivity index (χ1n) is 13.1. The summed E-state index contributed by atoms with van der Waals surface area (Å²) in [5.41, 5.74) is 2.68. The molecule has 0 fully saturated rings. The van der Waals surface area contributed by atoms with Crippen molar-refractivity contribution in [2.24, 2.45) is 0 Å². The van der Waals surface area contributed by atoms with Crippen LogP contribution in [0.3, 0.4) is 0 Å². The van der Waals surface area contributed by atoms with E-state index < -0.39 is 17.6 Å². The lowest BCUT2D eigenvalue weighted by molar-refractivity contribution is -0.116. The first-order chi connectivity index (χ1) is 19.8. The van der Waals surface area contributed by atoms with Crippen molar-refractivity contribution in [2.45, 2.75) is 30.4 Å². The summed E-state index contributed by atoms with van der Waals surface area (Å²) in [6.07, 6.45) is 1.90. The minimum Gasteiger partial charge on any atom is -0.325 e. The number of rotatable bonds is 10. The Labute approximate surface area is 243 Å². The average molecular weight is 568 g/mol. The van der Waals surface area contributed by atoms with Crippen molar-refractivity contribution < 1.29 is 18.8 Å². The zero-order valence-corrected chi connectivity index (χ0v) is 23.5. The van der Waals surface area contributed by atoms with Gasteiger partial charge in [-0.05, 0) is 68.0 Å². The van der Waals surface area contributed by atoms with E-state index >= 15 is 0 Å². The number of hydrogen-bond donors (Lipinski definition) is 3. The Morgan fingerprint density at radius 1 is 0.829 bits per heavy atom. The van der Waals surface area contributed by atoms with Crippen molar-refractivity contribution in [2.75, 3.05) is 10.6 Å². The maximum atomic E-state index is 14.4. The summed E-state index contributed by atoms with van der Waals surface area (Å²) in [6, 6.07) is 29.1. The largest absolute Gasteiger partial charge is 0.325 e. The molecule has 0 bridgehead atoms. The van der Waals surface area contributed by atoms with Crippen LogP contribution in [0.15, 0.2) is 114 Å². The van der Waals surface area contributed by atoms with Crippen LogP contribution in [0.25, 0.3) is 6.08 Å². The lowest BCUT2D eigenvalue weighted by Gasteiger charge is -2.16. The predicted molar refractivity (Wildman–Crippen MR) is 163 cm³/mol. The van der Waals surface area contributed by atoms with E-state index in [1.54, 1.807) is 60.7 Å². The topological polar surface area (TPSA) is 87.3 Å². The van der Waals surface area contributed by atoms with Crippen LogP contribution < -0.4 is 16.0 Å². The second-order valence-electron chi connectivity index (χ2n) is 9.25. The minimum atomic E-state index is -0.621. The van der Waals surface area contributed by atoms with Crippen LogP contribution in [0.4, 0.5) is 15.8 Å². The fourth-order valence-electron chi connectivity index (χ4n) is 3.88. The molecule has 0 aromatic heterocycles. The molecule has 0 aliphatic carbocycles. The Kier molecular flexibility index (Phi) is 10.1. The Bertz CT molecular complexity index is 1560. The second kappa shape index (κ2) is 14.1. The van der Waals surface area contributed by atoms with Crippen molar-refractivity contribution in [1.29, 1.82) is 0 Å². The monoisotopic (exact) mass is 567 g/mol. The molecule has 208 valence electrons. The Morgan fingerprint density at radius 2 is 1.54 bits per heavy atom. The summed E-state index contributed by atoms with van der Waals surface area (Å²) < 4.78 is 14.4. The van der Waals surface area contributed by atoms with Crippen molar-refractivity contribution in [3.05, 3.63) is 131 Å². The highest BCUT2D eigenvalue weighted by atomic mass is 32.2. The molecule has 41 heavy (non-hydrogen) atoms. The van der Waals surface area contributed by atoms with Crippen molar-refractivity contribution >= 4 is 46.9 Å². The fraction of sp³-hybridized carbons (Fsp3) is 0.121. The van der Waals surface area contributed by atoms with E-state index in [0.717, 1.165) is 16.1 Å². The number of carbonyl (C=O) groups excluding carboxylic acids is 3. The quantitative estimate of drug-likeness (QED) is 0.142. The summed E-state index contributed by atoms with van der Waals surface area (Å²) in [5, 5.41) is 7.99. The van der Waals surface area contributed by atoms with Gasteiger partial charge in [-0.2, -0.15) is 0 Å². The molecule has 0 saturated carbocycles. The first-order valence-corrected chi connectivity index (χ1v) is 14.0. The number of carbonyl (C=O) groups is 3. The summed E-state index contributed by atoms with van der Waals surface area (Å²) in [4.78, 5) is 39.9. The number of hydrogen-bond acceptors (Lipinski definition) is 4. The van der Waals surface area contributed by atoms with Crippen LogP contribution in [0.2, 0.25) is 0 Å². The first kappa shape index (κ1) is 29.3. The molecule has 0 heterocycles. The molecule has 4 aromatic carbocycles. The third kappa shape index (κ3) is 8.40. The summed E-state index contributed by atoms with van der Waals surface area (Å²) in [7, 11) is 0. The molecule has 0 spiro atoms. The summed E-state index contributed by atoms with van der Waals surface area (Å²) >= 11 is 1.38. The number of anilines is 2. The third-order valence-corrected chi connectivity index (χ3v) is 7.44. The van der Waals surface area contributed by atoms with Gasteiger partial charge < -0.3 is 16.0 Å². The van der Waals surface area contributed by atoms with Crippen LogP contribution in [-0.4, -0.2) is 23.0 Å². The number of nitrogens with one attached hydrogen (secondary N) is 3. The molecule has 6 nitrogen and oxygen atoms in total. The standard InChI is InChI=1S/C33H30FN3O3S/c1-3-30(33(40)35-25-18-16-22(2)17-19-25)41-27-14-9-13-26(21-27)36-32(39)29(20-24-12-7-8-15-28(24)34)37-31(38)23-10-5-4-6-11-23/h4-21,30H,3H2,1-2H3,(H,35,40)(H,36,39)(H,37,38)/b29-20-. The van der Waals surface area contributed by atoms with Gasteiger partial charge in [0.15, 0.2) is 0 Å². The zero-order valence-electron chi connectivity index (χ0n) is 22.7. The van der Waals surface area contributed by atoms with Crippen molar-refractivity contribution in [3.8, 4) is 0 Å². The fourth-order valence-corrected chi connectivity index (χ4v) is 4.90. The van der Waals surface area contributed by atoms with E-state index in [4.69, 9.17) is 0 Å². The van der Waals surface area contributed by atoms with Crippen LogP contribution in [-0.2, 0) is 9.59 Å². The van der Waals surface area contributed by atoms with Crippen LogP contribution in [0.5, 0.6) is 0 Å². The van der Waals surface area contributed by atoms with Gasteiger partial charge in [-0.3, -0.25) is 14.4 Å². The van der Waals surface area contributed by atoms with Crippen LogP contribution in [0.1, 0.15) is 34.8 Å². The van der Waals surface area contributed by atoms with Gasteiger partial charge in [-0.1, -0.05) is 67.1 Å². The van der Waals surface area contributed by atoms with Gasteiger partial charge in [0.25, 0.3) is 11.8 Å². The smallest absolute Gasteiger partial charge is 0.272 e. The van der Waals surface area contributed by atoms with E-state index in [1.165, 1.54) is 30.0 Å². The number of benzene rings is 4. The van der Waals surface area contributed by atoms with Crippen molar-refractivity contribution in [3.63, 3.8) is 0 Å². The normalized spacial score (nSPS) is 11.8. The zero-order chi connectivity index (χ0) is 29.2. The lowest BCUT2D eigenvalue weighted by atomic mass is 10.1. The van der Waals surface area contributed by atoms with Gasteiger partial charge in [-0.15, -0.1) is 11.8 Å². The molecule has 0 saturated heterocycles. The number of halogens is 1. The number of amides is 3. The number of aryl methyl sites for hydroxylation is 1. The molecule has 0 aliphatic heterocycles. The molecule has 3 N–H and O–H groups in total. The third-order valence-electron chi connectivity index (χ3n) is 6.09. The average Bonchev–Trinajstić information content (AvgIpc) is 2.98. The van der Waals surface area contributed by atoms with Gasteiger partial charge in [0.05, 0.1) is 5.25 Å². The van der Waals surface area contributed by atoms with Crippen LogP contribution >= 0.6 is 11.8 Å². The van der Waals surface area contributed by atoms with E-state index in [-0.39, 0.29) is 22.4 Å². The highest BCUT2D eigenvalue weighted by Gasteiger charge is 2.19. The van der Waals surface area contributed by atoms with Gasteiger partial charge in [-0.25, -0.2) is 4.39 Å². The van der Waals surface area contributed by atoms with Gasteiger partial charge in [0.1, 0.15) is 11.5 Å². The molecule has 4 rings (SSSR count). The predicted octanol–water partition coefficient (Wildman–Crippen LogP) is 7.05. The lowest BCUT2D eigenvalue weighted by Crippen LogP contribution is -2.30. The van der Waals surface area contributed by atoms with Gasteiger partial charge in [0.2, 0.25) is 5.91 Å². The molecule has 0 aliphatic rings. The molecule has 1 unspecified atom stereocenters. The SMILES string of the molecule is CCC(Sc1cccc(NC(=O)/C(=C/c2ccccc2F)NC(=O)c2ccccc2)c1)C(=O)Nc1ccc(C)cc1. The molecule has 0 radical (unpaired) electrons. The Hall–Kier alpha value is -4.69. The minimum absolute atomic E-state index is 0.116. The number of thioether (sulfide) groups is 1. The van der Waals surface area contributed by atoms with E-state index in [1.807, 2.05) is 44.2 Å². The maximum absolute atomic E-state index is 14.4. The van der Waals surface area contributed by atoms with E-state index in [9.17, 15) is 18.8 Å². The second-order valence-corrected chi connectivity index (χ2v) is 10.5. The van der Waals surface area contributed by atoms with Gasteiger partial charge >= 0.3 is 0 Å². The highest BCUT2D eigenvalue weighted by molar-refractivity contribution is 8.00. The Balaban J connectivity index is 1.50. The molecule has 3 amide bonds. The molecule has 4 aromatic rings. The molecular weight excluding hydrogens is 537 g/mol. The molecule has 1 atom stereocenters. The van der Waals surface area contributed by atoms with Gasteiger partial charge in [0, 0.05) is 27.4 Å².